The van der Waals surface area contributed by atoms with E-state index in [9.17, 15) is 9.50 Å². The molecule has 1 N–H and O–H groups in total. The van der Waals surface area contributed by atoms with Gasteiger partial charge in [-0.1, -0.05) is 12.2 Å². The van der Waals surface area contributed by atoms with Crippen molar-refractivity contribution in [3.63, 3.8) is 0 Å². The molecule has 118 valence electrons. The molecule has 3 aromatic rings. The van der Waals surface area contributed by atoms with Crippen molar-refractivity contribution < 1.29 is 23.4 Å². The fourth-order valence-electron chi connectivity index (χ4n) is 2.37. The van der Waals surface area contributed by atoms with Crippen molar-refractivity contribution in [2.24, 2.45) is 0 Å². The molecule has 2 aromatic carbocycles. The molecule has 0 amide bonds. The van der Waals surface area contributed by atoms with Crippen LogP contribution in [-0.4, -0.2) is 19.3 Å². The van der Waals surface area contributed by atoms with Crippen LogP contribution in [0.15, 0.2) is 40.8 Å². The molecule has 0 saturated heterocycles. The highest BCUT2D eigenvalue weighted by molar-refractivity contribution is 7.71. The first-order valence-electron chi connectivity index (χ1n) is 6.73. The Balaban J connectivity index is 2.30. The standard InChI is InChI=1S/C17H13FO4S/c1-20-13-7-12-15(16(19)17(13)21-2)14(23)8-11(22-12)9-3-5-10(18)6-4-9/h3-8,19H,1-2H3. The molecule has 6 heteroatoms. The Kier molecular flexibility index (Phi) is 3.92. The van der Waals surface area contributed by atoms with Crippen molar-refractivity contribution in [2.45, 2.75) is 0 Å². The highest BCUT2D eigenvalue weighted by atomic mass is 32.1. The number of benzene rings is 2. The third kappa shape index (κ3) is 2.61. The highest BCUT2D eigenvalue weighted by Gasteiger charge is 2.18. The van der Waals surface area contributed by atoms with Crippen molar-refractivity contribution in [3.05, 3.63) is 46.7 Å². The molecule has 0 fully saturated rings. The van der Waals surface area contributed by atoms with Gasteiger partial charge >= 0.3 is 0 Å². The van der Waals surface area contributed by atoms with Crippen LogP contribution in [0, 0.1) is 10.3 Å². The molecule has 0 atom stereocenters. The van der Waals surface area contributed by atoms with E-state index in [2.05, 4.69) is 0 Å². The SMILES string of the molecule is COc1cc2oc(-c3ccc(F)cc3)cc(=S)c2c(O)c1OC. The van der Waals surface area contributed by atoms with Gasteiger partial charge in [0.2, 0.25) is 5.75 Å². The van der Waals surface area contributed by atoms with Gasteiger partial charge in [0.05, 0.1) is 24.1 Å². The lowest BCUT2D eigenvalue weighted by atomic mass is 10.1. The number of rotatable bonds is 3. The highest BCUT2D eigenvalue weighted by Crippen LogP contribution is 2.44. The molecule has 0 radical (unpaired) electrons. The van der Waals surface area contributed by atoms with Gasteiger partial charge in [-0.15, -0.1) is 0 Å². The van der Waals surface area contributed by atoms with Gasteiger partial charge in [-0.05, 0) is 24.3 Å². The zero-order valence-electron chi connectivity index (χ0n) is 12.4. The summed E-state index contributed by atoms with van der Waals surface area (Å²) in [7, 11) is 2.89. The van der Waals surface area contributed by atoms with Gasteiger partial charge in [0.1, 0.15) is 17.2 Å². The number of phenolic OH excluding ortho intramolecular Hbond substituents is 1. The molecule has 0 aliphatic carbocycles. The molecule has 1 heterocycles. The van der Waals surface area contributed by atoms with Gasteiger partial charge in [0, 0.05) is 17.7 Å². The van der Waals surface area contributed by atoms with Crippen LogP contribution in [0.3, 0.4) is 0 Å². The maximum atomic E-state index is 13.1. The maximum Gasteiger partial charge on any atom is 0.204 e. The summed E-state index contributed by atoms with van der Waals surface area (Å²) < 4.78 is 29.6. The second-order valence-electron chi connectivity index (χ2n) is 4.82. The van der Waals surface area contributed by atoms with Crippen molar-refractivity contribution in [3.8, 4) is 28.6 Å². The summed E-state index contributed by atoms with van der Waals surface area (Å²) in [5, 5.41) is 10.7. The fraction of sp³-hybridized carbons (Fsp3) is 0.118. The molecule has 0 bridgehead atoms. The average Bonchev–Trinajstić information content (AvgIpc) is 2.54. The van der Waals surface area contributed by atoms with E-state index in [1.165, 1.54) is 26.4 Å². The Bertz CT molecular complexity index is 932. The molecular formula is C17H13FO4S. The monoisotopic (exact) mass is 332 g/mol. The van der Waals surface area contributed by atoms with E-state index in [0.29, 0.717) is 32.6 Å². The fourth-order valence-corrected chi connectivity index (χ4v) is 2.67. The Morgan fingerprint density at radius 2 is 1.78 bits per heavy atom. The van der Waals surface area contributed by atoms with Gasteiger partial charge in [-0.25, -0.2) is 4.39 Å². The normalized spacial score (nSPS) is 10.7. The van der Waals surface area contributed by atoms with Crippen LogP contribution in [0.2, 0.25) is 0 Å². The summed E-state index contributed by atoms with van der Waals surface area (Å²) >= 11 is 5.35. The number of fused-ring (bicyclic) bond motifs is 1. The second-order valence-corrected chi connectivity index (χ2v) is 5.26. The Morgan fingerprint density at radius 1 is 1.09 bits per heavy atom. The van der Waals surface area contributed by atoms with Crippen LogP contribution >= 0.6 is 12.2 Å². The van der Waals surface area contributed by atoms with Gasteiger partial charge in [0.25, 0.3) is 0 Å². The third-order valence-corrected chi connectivity index (χ3v) is 3.79. The first kappa shape index (κ1) is 15.3. The Hall–Kier alpha value is -2.60. The third-order valence-electron chi connectivity index (χ3n) is 3.47. The summed E-state index contributed by atoms with van der Waals surface area (Å²) in [5.74, 6) is 0.510. The smallest absolute Gasteiger partial charge is 0.204 e. The molecule has 0 aliphatic heterocycles. The number of hydrogen-bond acceptors (Lipinski definition) is 5. The zero-order valence-corrected chi connectivity index (χ0v) is 13.2. The van der Waals surface area contributed by atoms with Gasteiger partial charge in [-0.2, -0.15) is 0 Å². The topological polar surface area (TPSA) is 51.8 Å². The van der Waals surface area contributed by atoms with Crippen molar-refractivity contribution in [1.82, 2.24) is 0 Å². The van der Waals surface area contributed by atoms with Crippen molar-refractivity contribution >= 4 is 23.2 Å². The van der Waals surface area contributed by atoms with Gasteiger partial charge < -0.3 is 19.0 Å². The van der Waals surface area contributed by atoms with Crippen LogP contribution in [-0.2, 0) is 0 Å². The van der Waals surface area contributed by atoms with Crippen molar-refractivity contribution in [2.75, 3.05) is 14.2 Å². The molecule has 3 rings (SSSR count). The lowest BCUT2D eigenvalue weighted by Crippen LogP contribution is -1.92. The first-order valence-corrected chi connectivity index (χ1v) is 7.13. The van der Waals surface area contributed by atoms with Crippen molar-refractivity contribution in [1.29, 1.82) is 0 Å². The minimum atomic E-state index is -0.336. The predicted molar refractivity (Wildman–Crippen MR) is 87.2 cm³/mol. The number of ether oxygens (including phenoxy) is 2. The summed E-state index contributed by atoms with van der Waals surface area (Å²) in [6.45, 7) is 0. The largest absolute Gasteiger partial charge is 0.504 e. The van der Waals surface area contributed by atoms with E-state index < -0.39 is 0 Å². The predicted octanol–water partition coefficient (Wildman–Crippen LogP) is 4.69. The summed E-state index contributed by atoms with van der Waals surface area (Å²) in [5.41, 5.74) is 1.03. The molecule has 0 saturated carbocycles. The molecule has 1 aromatic heterocycles. The summed E-state index contributed by atoms with van der Waals surface area (Å²) in [4.78, 5) is 0. The molecule has 0 spiro atoms. The zero-order chi connectivity index (χ0) is 16.6. The number of halogens is 1. The van der Waals surface area contributed by atoms with E-state index in [0.717, 1.165) is 0 Å². The minimum Gasteiger partial charge on any atom is -0.504 e. The average molecular weight is 332 g/mol. The van der Waals surface area contributed by atoms with E-state index >= 15 is 0 Å². The summed E-state index contributed by atoms with van der Waals surface area (Å²) in [6.07, 6.45) is 0. The number of hydrogen-bond donors (Lipinski definition) is 1. The first-order chi connectivity index (χ1) is 11.0. The number of phenols is 1. The van der Waals surface area contributed by atoms with E-state index in [-0.39, 0.29) is 17.3 Å². The van der Waals surface area contributed by atoms with Crippen LogP contribution in [0.25, 0.3) is 22.3 Å². The molecule has 0 aliphatic rings. The molecular weight excluding hydrogens is 319 g/mol. The van der Waals surface area contributed by atoms with E-state index in [1.54, 1.807) is 24.3 Å². The lowest BCUT2D eigenvalue weighted by Gasteiger charge is -2.12. The molecule has 4 nitrogen and oxygen atoms in total. The quantitative estimate of drug-likeness (QED) is 0.705. The maximum absolute atomic E-state index is 13.1. The van der Waals surface area contributed by atoms with E-state index in [4.69, 9.17) is 26.1 Å². The van der Waals surface area contributed by atoms with Crippen LogP contribution in [0.5, 0.6) is 17.2 Å². The molecule has 0 unspecified atom stereocenters. The lowest BCUT2D eigenvalue weighted by molar-refractivity contribution is 0.334. The Morgan fingerprint density at radius 3 is 2.39 bits per heavy atom. The number of methoxy groups -OCH3 is 2. The molecule has 23 heavy (non-hydrogen) atoms. The van der Waals surface area contributed by atoms with E-state index in [1.807, 2.05) is 0 Å². The van der Waals surface area contributed by atoms with Crippen LogP contribution in [0.1, 0.15) is 0 Å². The van der Waals surface area contributed by atoms with Crippen LogP contribution < -0.4 is 9.47 Å². The van der Waals surface area contributed by atoms with Gasteiger partial charge in [-0.3, -0.25) is 0 Å². The summed E-state index contributed by atoms with van der Waals surface area (Å²) in [6, 6.07) is 9.06. The minimum absolute atomic E-state index is 0.138. The van der Waals surface area contributed by atoms with Crippen LogP contribution in [0.4, 0.5) is 4.39 Å². The second kappa shape index (κ2) is 5.89. The Labute approximate surface area is 136 Å². The number of aromatic hydroxyl groups is 1. The van der Waals surface area contributed by atoms with Gasteiger partial charge in [0.15, 0.2) is 11.5 Å².